The van der Waals surface area contributed by atoms with E-state index in [9.17, 15) is 4.79 Å². The predicted molar refractivity (Wildman–Crippen MR) is 63.4 cm³/mol. The van der Waals surface area contributed by atoms with Gasteiger partial charge in [-0.1, -0.05) is 0 Å². The quantitative estimate of drug-likeness (QED) is 0.663. The first-order valence-corrected chi connectivity index (χ1v) is 5.90. The zero-order chi connectivity index (χ0) is 12.0. The van der Waals surface area contributed by atoms with Crippen LogP contribution in [0.15, 0.2) is 0 Å². The Morgan fingerprint density at radius 3 is 2.94 bits per heavy atom. The van der Waals surface area contributed by atoms with Gasteiger partial charge in [-0.25, -0.2) is 0 Å². The van der Waals surface area contributed by atoms with E-state index in [1.807, 2.05) is 0 Å². The first kappa shape index (κ1) is 13.4. The number of nitrogens with zero attached hydrogens (tertiary/aromatic N) is 1. The van der Waals surface area contributed by atoms with Crippen molar-refractivity contribution in [1.29, 1.82) is 0 Å². The van der Waals surface area contributed by atoms with Crippen LogP contribution in [0.2, 0.25) is 0 Å². The standard InChI is InChI=1S/C11H23N3O2/c1-9(2)14(3)6-4-13-11(15)10-8-16-7-5-12-10/h9-10,12H,4-8H2,1-3H3,(H,13,15). The average Bonchev–Trinajstić information content (AvgIpc) is 2.29. The van der Waals surface area contributed by atoms with Gasteiger partial charge in [0.05, 0.1) is 13.2 Å². The van der Waals surface area contributed by atoms with Crippen LogP contribution in [0.5, 0.6) is 0 Å². The predicted octanol–water partition coefficient (Wildman–Crippen LogP) is -0.569. The number of ether oxygens (including phenoxy) is 1. The van der Waals surface area contributed by atoms with Crippen LogP contribution in [0.3, 0.4) is 0 Å². The SMILES string of the molecule is CC(C)N(C)CCNC(=O)C1COCCN1. The summed E-state index contributed by atoms with van der Waals surface area (Å²) in [6.45, 7) is 7.76. The third-order valence-corrected chi connectivity index (χ3v) is 2.88. The van der Waals surface area contributed by atoms with E-state index in [0.29, 0.717) is 25.8 Å². The van der Waals surface area contributed by atoms with E-state index in [-0.39, 0.29) is 11.9 Å². The van der Waals surface area contributed by atoms with E-state index >= 15 is 0 Å². The van der Waals surface area contributed by atoms with Crippen LogP contribution >= 0.6 is 0 Å². The number of nitrogens with one attached hydrogen (secondary N) is 2. The molecule has 0 bridgehead atoms. The number of hydrogen-bond donors (Lipinski definition) is 2. The van der Waals surface area contributed by atoms with E-state index in [2.05, 4.69) is 36.4 Å². The molecule has 1 aliphatic heterocycles. The van der Waals surface area contributed by atoms with Crippen LogP contribution in [0.1, 0.15) is 13.8 Å². The van der Waals surface area contributed by atoms with E-state index in [4.69, 9.17) is 4.74 Å². The maximum absolute atomic E-state index is 11.7. The number of amides is 1. The summed E-state index contributed by atoms with van der Waals surface area (Å²) in [5, 5.41) is 6.04. The Labute approximate surface area is 97.5 Å². The van der Waals surface area contributed by atoms with E-state index in [0.717, 1.165) is 13.1 Å². The van der Waals surface area contributed by atoms with Gasteiger partial charge in [0.25, 0.3) is 0 Å². The molecule has 0 radical (unpaired) electrons. The average molecular weight is 229 g/mol. The van der Waals surface area contributed by atoms with E-state index in [1.54, 1.807) is 0 Å². The van der Waals surface area contributed by atoms with Crippen LogP contribution in [0, 0.1) is 0 Å². The molecule has 0 saturated carbocycles. The lowest BCUT2D eigenvalue weighted by Gasteiger charge is -2.24. The van der Waals surface area contributed by atoms with Crippen molar-refractivity contribution < 1.29 is 9.53 Å². The van der Waals surface area contributed by atoms with Gasteiger partial charge < -0.3 is 20.3 Å². The normalized spacial score (nSPS) is 21.4. The molecule has 1 atom stereocenters. The monoisotopic (exact) mass is 229 g/mol. The van der Waals surface area contributed by atoms with Crippen molar-refractivity contribution in [1.82, 2.24) is 15.5 Å². The Bertz CT molecular complexity index is 215. The molecular formula is C11H23N3O2. The highest BCUT2D eigenvalue weighted by Gasteiger charge is 2.20. The summed E-state index contributed by atoms with van der Waals surface area (Å²) in [5.74, 6) is 0.0388. The van der Waals surface area contributed by atoms with Crippen LogP contribution < -0.4 is 10.6 Å². The number of hydrogen-bond acceptors (Lipinski definition) is 4. The van der Waals surface area contributed by atoms with Crippen molar-refractivity contribution in [3.8, 4) is 0 Å². The molecule has 5 nitrogen and oxygen atoms in total. The third kappa shape index (κ3) is 4.47. The molecule has 1 unspecified atom stereocenters. The van der Waals surface area contributed by atoms with Gasteiger partial charge in [-0.2, -0.15) is 0 Å². The van der Waals surface area contributed by atoms with Crippen molar-refractivity contribution in [2.75, 3.05) is 39.9 Å². The molecule has 0 spiro atoms. The highest BCUT2D eigenvalue weighted by atomic mass is 16.5. The smallest absolute Gasteiger partial charge is 0.239 e. The van der Waals surface area contributed by atoms with Crippen LogP contribution in [-0.4, -0.2) is 62.8 Å². The Hall–Kier alpha value is -0.650. The number of carbonyl (C=O) groups is 1. The van der Waals surface area contributed by atoms with Crippen molar-refractivity contribution in [3.05, 3.63) is 0 Å². The molecule has 0 aromatic rings. The maximum Gasteiger partial charge on any atom is 0.239 e. The zero-order valence-corrected chi connectivity index (χ0v) is 10.5. The Morgan fingerprint density at radius 2 is 2.38 bits per heavy atom. The summed E-state index contributed by atoms with van der Waals surface area (Å²) >= 11 is 0. The molecule has 1 rings (SSSR count). The summed E-state index contributed by atoms with van der Waals surface area (Å²) in [7, 11) is 2.05. The summed E-state index contributed by atoms with van der Waals surface area (Å²) in [6.07, 6.45) is 0. The minimum atomic E-state index is -0.182. The largest absolute Gasteiger partial charge is 0.378 e. The molecule has 0 aliphatic carbocycles. The van der Waals surface area contributed by atoms with Crippen molar-refractivity contribution >= 4 is 5.91 Å². The summed E-state index contributed by atoms with van der Waals surface area (Å²) < 4.78 is 5.24. The van der Waals surface area contributed by atoms with E-state index in [1.165, 1.54) is 0 Å². The minimum absolute atomic E-state index is 0.0388. The Morgan fingerprint density at radius 1 is 1.62 bits per heavy atom. The molecule has 0 aromatic heterocycles. The molecule has 1 saturated heterocycles. The maximum atomic E-state index is 11.7. The fourth-order valence-electron chi connectivity index (χ4n) is 1.47. The molecule has 16 heavy (non-hydrogen) atoms. The number of morpholine rings is 1. The van der Waals surface area contributed by atoms with Gasteiger partial charge in [-0.15, -0.1) is 0 Å². The first-order valence-electron chi connectivity index (χ1n) is 5.90. The lowest BCUT2D eigenvalue weighted by Crippen LogP contribution is -2.52. The number of likely N-dealkylation sites (N-methyl/N-ethyl adjacent to an activating group) is 1. The lowest BCUT2D eigenvalue weighted by molar-refractivity contribution is -0.125. The highest BCUT2D eigenvalue weighted by molar-refractivity contribution is 5.81. The topological polar surface area (TPSA) is 53.6 Å². The number of carbonyl (C=O) groups excluding carboxylic acids is 1. The fourth-order valence-corrected chi connectivity index (χ4v) is 1.47. The van der Waals surface area contributed by atoms with Gasteiger partial charge >= 0.3 is 0 Å². The summed E-state index contributed by atoms with van der Waals surface area (Å²) in [4.78, 5) is 13.9. The molecule has 1 amide bonds. The Balaban J connectivity index is 2.14. The second-order valence-electron chi connectivity index (χ2n) is 4.45. The second kappa shape index (κ2) is 6.83. The lowest BCUT2D eigenvalue weighted by atomic mass is 10.2. The van der Waals surface area contributed by atoms with Gasteiger partial charge in [-0.3, -0.25) is 4.79 Å². The molecule has 0 aromatic carbocycles. The molecule has 1 heterocycles. The van der Waals surface area contributed by atoms with Crippen LogP contribution in [-0.2, 0) is 9.53 Å². The summed E-state index contributed by atoms with van der Waals surface area (Å²) in [6, 6.07) is 0.325. The number of rotatable bonds is 5. The summed E-state index contributed by atoms with van der Waals surface area (Å²) in [5.41, 5.74) is 0. The molecule has 5 heteroatoms. The Kier molecular flexibility index (Phi) is 5.73. The first-order chi connectivity index (χ1) is 7.61. The molecule has 1 aliphatic rings. The van der Waals surface area contributed by atoms with Crippen molar-refractivity contribution in [2.45, 2.75) is 25.9 Å². The molecular weight excluding hydrogens is 206 g/mol. The van der Waals surface area contributed by atoms with Gasteiger partial charge in [0.2, 0.25) is 5.91 Å². The van der Waals surface area contributed by atoms with Crippen molar-refractivity contribution in [2.24, 2.45) is 0 Å². The minimum Gasteiger partial charge on any atom is -0.378 e. The van der Waals surface area contributed by atoms with Gasteiger partial charge in [0.15, 0.2) is 0 Å². The van der Waals surface area contributed by atoms with Gasteiger partial charge in [-0.05, 0) is 20.9 Å². The van der Waals surface area contributed by atoms with Gasteiger partial charge in [0.1, 0.15) is 6.04 Å². The molecule has 1 fully saturated rings. The van der Waals surface area contributed by atoms with Crippen molar-refractivity contribution in [3.63, 3.8) is 0 Å². The molecule has 94 valence electrons. The zero-order valence-electron chi connectivity index (χ0n) is 10.5. The fraction of sp³-hybridized carbons (Fsp3) is 0.909. The van der Waals surface area contributed by atoms with Crippen LogP contribution in [0.25, 0.3) is 0 Å². The van der Waals surface area contributed by atoms with Gasteiger partial charge in [0, 0.05) is 25.7 Å². The second-order valence-corrected chi connectivity index (χ2v) is 4.45. The van der Waals surface area contributed by atoms with Crippen LogP contribution in [0.4, 0.5) is 0 Å². The highest BCUT2D eigenvalue weighted by Crippen LogP contribution is 1.94. The van der Waals surface area contributed by atoms with E-state index < -0.39 is 0 Å². The third-order valence-electron chi connectivity index (χ3n) is 2.88. The molecule has 2 N–H and O–H groups in total.